The van der Waals surface area contributed by atoms with Crippen LogP contribution in [0.25, 0.3) is 0 Å². The van der Waals surface area contributed by atoms with Gasteiger partial charge >= 0.3 is 18.0 Å². The third-order valence-corrected chi connectivity index (χ3v) is 2.58. The molecule has 9 heteroatoms. The van der Waals surface area contributed by atoms with Gasteiger partial charge in [-0.25, -0.2) is 4.79 Å². The van der Waals surface area contributed by atoms with E-state index in [4.69, 9.17) is 26.6 Å². The highest BCUT2D eigenvalue weighted by Gasteiger charge is 2.20. The van der Waals surface area contributed by atoms with Gasteiger partial charge in [-0.15, -0.1) is 0 Å². The Labute approximate surface area is 124 Å². The van der Waals surface area contributed by atoms with Gasteiger partial charge in [0.25, 0.3) is 0 Å². The van der Waals surface area contributed by atoms with Crippen molar-refractivity contribution in [1.29, 1.82) is 0 Å². The van der Waals surface area contributed by atoms with E-state index in [9.17, 15) is 14.4 Å². The Bertz CT molecular complexity index is 547. The number of halogens is 1. The first-order valence-corrected chi connectivity index (χ1v) is 6.04. The van der Waals surface area contributed by atoms with Crippen LogP contribution >= 0.6 is 11.6 Å². The second-order valence-corrected chi connectivity index (χ2v) is 4.35. The summed E-state index contributed by atoms with van der Waals surface area (Å²) >= 11 is 5.80. The number of carbonyl (C=O) groups excluding carboxylic acids is 1. The van der Waals surface area contributed by atoms with Crippen LogP contribution in [0.15, 0.2) is 18.2 Å². The average molecular weight is 317 g/mol. The predicted molar refractivity (Wildman–Crippen MR) is 73.9 cm³/mol. The van der Waals surface area contributed by atoms with E-state index in [0.29, 0.717) is 15.7 Å². The second-order valence-electron chi connectivity index (χ2n) is 3.92. The molecule has 2 amide bonds. The quantitative estimate of drug-likeness (QED) is 0.729. The van der Waals surface area contributed by atoms with Gasteiger partial charge in [-0.05, 0) is 18.2 Å². The van der Waals surface area contributed by atoms with Crippen LogP contribution in [-0.2, 0) is 9.59 Å². The third kappa shape index (κ3) is 5.19. The van der Waals surface area contributed by atoms with E-state index in [-0.39, 0.29) is 5.69 Å². The van der Waals surface area contributed by atoms with Gasteiger partial charge in [0.05, 0.1) is 12.8 Å². The molecule has 114 valence electrons. The number of hydrogen-bond acceptors (Lipinski definition) is 4. The summed E-state index contributed by atoms with van der Waals surface area (Å²) in [5.74, 6) is -2.35. The number of urea groups is 1. The summed E-state index contributed by atoms with van der Waals surface area (Å²) in [7, 11) is 1.38. The number of anilines is 1. The van der Waals surface area contributed by atoms with Crippen molar-refractivity contribution >= 4 is 35.3 Å². The van der Waals surface area contributed by atoms with Crippen molar-refractivity contribution in [3.63, 3.8) is 0 Å². The molecule has 0 aliphatic rings. The van der Waals surface area contributed by atoms with Gasteiger partial charge in [-0.1, -0.05) is 11.6 Å². The number of carboxylic acids is 2. The van der Waals surface area contributed by atoms with Crippen LogP contribution in [0, 0.1) is 0 Å². The number of carbonyl (C=O) groups is 3. The zero-order valence-corrected chi connectivity index (χ0v) is 11.8. The smallest absolute Gasteiger partial charge is 0.323 e. The van der Waals surface area contributed by atoms with E-state index in [1.807, 2.05) is 0 Å². The largest absolute Gasteiger partial charge is 0.495 e. The minimum absolute atomic E-state index is 0.204. The molecule has 8 nitrogen and oxygen atoms in total. The normalized spacial score (nSPS) is 9.81. The Morgan fingerprint density at radius 2 is 1.81 bits per heavy atom. The summed E-state index contributed by atoms with van der Waals surface area (Å²) in [6, 6.07) is 3.57. The molecular weight excluding hydrogens is 304 g/mol. The number of benzene rings is 1. The van der Waals surface area contributed by atoms with Gasteiger partial charge in [-0.2, -0.15) is 0 Å². The van der Waals surface area contributed by atoms with E-state index in [2.05, 4.69) is 5.32 Å². The average Bonchev–Trinajstić information content (AvgIpc) is 2.37. The maximum atomic E-state index is 12.0. The molecule has 0 saturated heterocycles. The molecule has 0 aromatic heterocycles. The first-order chi connectivity index (χ1) is 9.83. The van der Waals surface area contributed by atoms with Crippen molar-refractivity contribution in [2.24, 2.45) is 0 Å². The molecule has 21 heavy (non-hydrogen) atoms. The molecule has 1 aromatic rings. The third-order valence-electron chi connectivity index (χ3n) is 2.34. The number of aliphatic carboxylic acids is 2. The first-order valence-electron chi connectivity index (χ1n) is 5.66. The summed E-state index contributed by atoms with van der Waals surface area (Å²) in [6.07, 6.45) is 0. The lowest BCUT2D eigenvalue weighted by Gasteiger charge is -2.20. The number of ether oxygens (including phenoxy) is 1. The molecule has 3 N–H and O–H groups in total. The molecule has 0 unspecified atom stereocenters. The molecule has 0 atom stereocenters. The molecule has 0 saturated carbocycles. The van der Waals surface area contributed by atoms with Crippen LogP contribution < -0.4 is 10.1 Å². The standard InChI is InChI=1S/C12H13ClN2O6/c1-21-9-3-2-7(13)4-8(9)14-12(20)15(5-10(16)17)6-11(18)19/h2-4H,5-6H2,1H3,(H,14,20)(H,16,17)(H,18,19). The lowest BCUT2D eigenvalue weighted by atomic mass is 10.3. The molecule has 0 fully saturated rings. The lowest BCUT2D eigenvalue weighted by molar-refractivity contribution is -0.140. The summed E-state index contributed by atoms with van der Waals surface area (Å²) in [6.45, 7) is -1.50. The molecule has 0 heterocycles. The second kappa shape index (κ2) is 7.34. The van der Waals surface area contributed by atoms with Gasteiger partial charge in [-0.3, -0.25) is 9.59 Å². The summed E-state index contributed by atoms with van der Waals surface area (Å²) < 4.78 is 5.02. The number of hydrogen-bond donors (Lipinski definition) is 3. The molecule has 0 bridgehead atoms. The molecule has 0 spiro atoms. The fourth-order valence-corrected chi connectivity index (χ4v) is 1.67. The summed E-state index contributed by atoms with van der Waals surface area (Å²) in [4.78, 5) is 33.9. The fraction of sp³-hybridized carbons (Fsp3) is 0.250. The first kappa shape index (κ1) is 16.6. The van der Waals surface area contributed by atoms with Crippen molar-refractivity contribution < 1.29 is 29.3 Å². The molecule has 1 aromatic carbocycles. The van der Waals surface area contributed by atoms with E-state index in [0.717, 1.165) is 0 Å². The molecule has 0 aliphatic carbocycles. The van der Waals surface area contributed by atoms with Crippen LogP contribution in [0.1, 0.15) is 0 Å². The fourth-order valence-electron chi connectivity index (χ4n) is 1.50. The zero-order valence-electron chi connectivity index (χ0n) is 11.0. The maximum absolute atomic E-state index is 12.0. The van der Waals surface area contributed by atoms with Crippen LogP contribution in [0.4, 0.5) is 10.5 Å². The van der Waals surface area contributed by atoms with Crippen LogP contribution in [0.2, 0.25) is 5.02 Å². The SMILES string of the molecule is COc1ccc(Cl)cc1NC(=O)N(CC(=O)O)CC(=O)O. The monoisotopic (exact) mass is 316 g/mol. The van der Waals surface area contributed by atoms with Crippen molar-refractivity contribution in [2.45, 2.75) is 0 Å². The minimum Gasteiger partial charge on any atom is -0.495 e. The zero-order chi connectivity index (χ0) is 16.0. The Balaban J connectivity index is 2.92. The number of methoxy groups -OCH3 is 1. The number of nitrogens with one attached hydrogen (secondary N) is 1. The van der Waals surface area contributed by atoms with Gasteiger partial charge in [0, 0.05) is 5.02 Å². The Kier molecular flexibility index (Phi) is 5.79. The molecule has 1 rings (SSSR count). The Morgan fingerprint density at radius 3 is 2.29 bits per heavy atom. The molecule has 0 aliphatic heterocycles. The van der Waals surface area contributed by atoms with Crippen molar-refractivity contribution in [3.05, 3.63) is 23.2 Å². The van der Waals surface area contributed by atoms with Gasteiger partial charge < -0.3 is 25.2 Å². The lowest BCUT2D eigenvalue weighted by Crippen LogP contribution is -2.42. The highest BCUT2D eigenvalue weighted by molar-refractivity contribution is 6.31. The molecule has 0 radical (unpaired) electrons. The highest BCUT2D eigenvalue weighted by atomic mass is 35.5. The van der Waals surface area contributed by atoms with E-state index in [1.165, 1.54) is 19.2 Å². The molecular formula is C12H13ClN2O6. The van der Waals surface area contributed by atoms with Crippen molar-refractivity contribution in [2.75, 3.05) is 25.5 Å². The number of nitrogens with zero attached hydrogens (tertiary/aromatic N) is 1. The number of amides is 2. The van der Waals surface area contributed by atoms with Crippen molar-refractivity contribution in [3.8, 4) is 5.75 Å². The summed E-state index contributed by atoms with van der Waals surface area (Å²) in [5.41, 5.74) is 0.204. The van der Waals surface area contributed by atoms with Gasteiger partial charge in [0.1, 0.15) is 18.8 Å². The minimum atomic E-state index is -1.33. The van der Waals surface area contributed by atoms with Crippen LogP contribution in [0.3, 0.4) is 0 Å². The van der Waals surface area contributed by atoms with E-state index < -0.39 is 31.1 Å². The van der Waals surface area contributed by atoms with Gasteiger partial charge in [0.15, 0.2) is 0 Å². The topological polar surface area (TPSA) is 116 Å². The van der Waals surface area contributed by atoms with E-state index >= 15 is 0 Å². The van der Waals surface area contributed by atoms with Crippen LogP contribution in [-0.4, -0.2) is 53.3 Å². The number of rotatable bonds is 6. The predicted octanol–water partition coefficient (Wildman–Crippen LogP) is 1.35. The Morgan fingerprint density at radius 1 is 1.24 bits per heavy atom. The van der Waals surface area contributed by atoms with Gasteiger partial charge in [0.2, 0.25) is 0 Å². The van der Waals surface area contributed by atoms with E-state index in [1.54, 1.807) is 6.07 Å². The van der Waals surface area contributed by atoms with Crippen molar-refractivity contribution in [1.82, 2.24) is 4.90 Å². The summed E-state index contributed by atoms with van der Waals surface area (Å²) in [5, 5.41) is 20.1. The number of carboxylic acid groups (broad SMARTS) is 2. The van der Waals surface area contributed by atoms with Crippen LogP contribution in [0.5, 0.6) is 5.75 Å². The maximum Gasteiger partial charge on any atom is 0.323 e. The highest BCUT2D eigenvalue weighted by Crippen LogP contribution is 2.27. The Hall–Kier alpha value is -2.48.